The number of hydrogen-bond donors (Lipinski definition) is 0. The van der Waals surface area contributed by atoms with Crippen LogP contribution in [0.25, 0.3) is 0 Å². The van der Waals surface area contributed by atoms with Crippen molar-refractivity contribution >= 4 is 68.3 Å². The van der Waals surface area contributed by atoms with Gasteiger partial charge in [0.15, 0.2) is 5.78 Å². The molecular formula is C14H8BrCl3OS. The number of carbonyl (C=O) groups excluding carboxylic acids is 1. The Labute approximate surface area is 144 Å². The molecule has 0 aliphatic heterocycles. The highest BCUT2D eigenvalue weighted by Crippen LogP contribution is 2.32. The van der Waals surface area contributed by atoms with E-state index in [0.29, 0.717) is 20.6 Å². The molecule has 0 fully saturated rings. The lowest BCUT2D eigenvalue weighted by Gasteiger charge is -2.10. The van der Waals surface area contributed by atoms with Gasteiger partial charge < -0.3 is 0 Å². The van der Waals surface area contributed by atoms with E-state index in [1.54, 1.807) is 30.3 Å². The lowest BCUT2D eigenvalue weighted by Crippen LogP contribution is -2.11. The Morgan fingerprint density at radius 2 is 1.60 bits per heavy atom. The van der Waals surface area contributed by atoms with Crippen LogP contribution in [0.2, 0.25) is 15.1 Å². The molecule has 6 heteroatoms. The van der Waals surface area contributed by atoms with Gasteiger partial charge in [-0.3, -0.25) is 4.79 Å². The molecule has 0 bridgehead atoms. The molecule has 0 unspecified atom stereocenters. The second-order valence-corrected chi connectivity index (χ2v) is 7.86. The maximum absolute atomic E-state index is 12.3. The zero-order chi connectivity index (χ0) is 14.7. The van der Waals surface area contributed by atoms with Crippen molar-refractivity contribution in [2.45, 2.75) is 9.05 Å². The fourth-order valence-electron chi connectivity index (χ4n) is 1.50. The predicted molar refractivity (Wildman–Crippen MR) is 90.8 cm³/mol. The normalized spacial score (nSPS) is 12.2. The van der Waals surface area contributed by atoms with Crippen molar-refractivity contribution in [3.63, 3.8) is 0 Å². The average Bonchev–Trinajstić information content (AvgIpc) is 2.40. The molecule has 0 aliphatic carbocycles. The molecule has 0 N–H and O–H groups in total. The van der Waals surface area contributed by atoms with E-state index < -0.39 is 4.16 Å². The average molecular weight is 411 g/mol. The molecule has 0 spiro atoms. The molecule has 2 aromatic rings. The third kappa shape index (κ3) is 4.15. The van der Waals surface area contributed by atoms with E-state index in [1.807, 2.05) is 12.1 Å². The summed E-state index contributed by atoms with van der Waals surface area (Å²) in [4.78, 5) is 13.3. The monoisotopic (exact) mass is 408 g/mol. The minimum atomic E-state index is -0.428. The van der Waals surface area contributed by atoms with Crippen molar-refractivity contribution in [2.75, 3.05) is 0 Å². The van der Waals surface area contributed by atoms with Gasteiger partial charge in [-0.05, 0) is 42.5 Å². The molecule has 104 valence electrons. The number of benzene rings is 2. The first-order valence-electron chi connectivity index (χ1n) is 5.53. The molecule has 0 aliphatic rings. The van der Waals surface area contributed by atoms with Crippen LogP contribution in [-0.2, 0) is 0 Å². The summed E-state index contributed by atoms with van der Waals surface area (Å²) >= 11 is 22.4. The van der Waals surface area contributed by atoms with Crippen LogP contribution in [0.3, 0.4) is 0 Å². The highest BCUT2D eigenvalue weighted by atomic mass is 79.9. The zero-order valence-corrected chi connectivity index (χ0v) is 14.6. The maximum atomic E-state index is 12.3. The standard InChI is InChI=1S/C14H8BrCl3OS/c15-14(20-10-4-1-8(16)2-5-10)13(19)11-6-3-9(17)7-12(11)18/h1-7,14H/t14-/m1/s1. The van der Waals surface area contributed by atoms with E-state index in [9.17, 15) is 4.79 Å². The second-order valence-electron chi connectivity index (χ2n) is 3.88. The molecule has 0 saturated carbocycles. The lowest BCUT2D eigenvalue weighted by atomic mass is 10.1. The topological polar surface area (TPSA) is 17.1 Å². The molecule has 2 aromatic carbocycles. The van der Waals surface area contributed by atoms with Gasteiger partial charge in [0.2, 0.25) is 0 Å². The van der Waals surface area contributed by atoms with E-state index in [1.165, 1.54) is 11.8 Å². The van der Waals surface area contributed by atoms with Crippen LogP contribution in [0.4, 0.5) is 0 Å². The van der Waals surface area contributed by atoms with Gasteiger partial charge in [-0.1, -0.05) is 50.7 Å². The van der Waals surface area contributed by atoms with Gasteiger partial charge in [-0.25, -0.2) is 0 Å². The smallest absolute Gasteiger partial charge is 0.188 e. The van der Waals surface area contributed by atoms with Gasteiger partial charge in [0.05, 0.1) is 5.02 Å². The summed E-state index contributed by atoms with van der Waals surface area (Å²) in [6, 6.07) is 12.1. The van der Waals surface area contributed by atoms with Gasteiger partial charge in [0.1, 0.15) is 4.16 Å². The van der Waals surface area contributed by atoms with E-state index >= 15 is 0 Å². The molecule has 1 nitrogen and oxygen atoms in total. The largest absolute Gasteiger partial charge is 0.292 e. The first kappa shape index (κ1) is 16.2. The number of halogens is 4. The van der Waals surface area contributed by atoms with Crippen molar-refractivity contribution < 1.29 is 4.79 Å². The Balaban J connectivity index is 2.14. The summed E-state index contributed by atoms with van der Waals surface area (Å²) in [7, 11) is 0. The molecule has 2 rings (SSSR count). The highest BCUT2D eigenvalue weighted by Gasteiger charge is 2.20. The fraction of sp³-hybridized carbons (Fsp3) is 0.0714. The van der Waals surface area contributed by atoms with Crippen molar-refractivity contribution in [1.29, 1.82) is 0 Å². The first-order chi connectivity index (χ1) is 9.47. The van der Waals surface area contributed by atoms with E-state index in [-0.39, 0.29) is 5.78 Å². The lowest BCUT2D eigenvalue weighted by molar-refractivity contribution is 0.101. The minimum Gasteiger partial charge on any atom is -0.292 e. The molecular weight excluding hydrogens is 402 g/mol. The van der Waals surface area contributed by atoms with E-state index in [4.69, 9.17) is 34.8 Å². The van der Waals surface area contributed by atoms with Gasteiger partial charge in [0.25, 0.3) is 0 Å². The SMILES string of the molecule is O=C(c1ccc(Cl)cc1Cl)[C@H](Br)Sc1ccc(Cl)cc1. The second kappa shape index (κ2) is 7.19. The van der Waals surface area contributed by atoms with Crippen LogP contribution in [0, 0.1) is 0 Å². The first-order valence-corrected chi connectivity index (χ1v) is 8.46. The predicted octanol–water partition coefficient (Wildman–Crippen LogP) is 6.34. The summed E-state index contributed by atoms with van der Waals surface area (Å²) in [6.07, 6.45) is 0. The van der Waals surface area contributed by atoms with Gasteiger partial charge in [0, 0.05) is 20.5 Å². The van der Waals surface area contributed by atoms with Crippen molar-refractivity contribution in [1.82, 2.24) is 0 Å². The van der Waals surface area contributed by atoms with Crippen molar-refractivity contribution in [2.24, 2.45) is 0 Å². The fourth-order valence-corrected chi connectivity index (χ4v) is 3.79. The summed E-state index contributed by atoms with van der Waals surface area (Å²) in [5.41, 5.74) is 0.444. The third-order valence-corrected chi connectivity index (χ3v) is 5.20. The van der Waals surface area contributed by atoms with Gasteiger partial charge in [-0.2, -0.15) is 0 Å². The van der Waals surface area contributed by atoms with Crippen molar-refractivity contribution in [3.05, 3.63) is 63.1 Å². The van der Waals surface area contributed by atoms with Crippen LogP contribution in [0.1, 0.15) is 10.4 Å². The quantitative estimate of drug-likeness (QED) is 0.332. The molecule has 0 heterocycles. The molecule has 1 atom stereocenters. The molecule has 0 radical (unpaired) electrons. The summed E-state index contributed by atoms with van der Waals surface area (Å²) < 4.78 is -0.428. The van der Waals surface area contributed by atoms with Crippen LogP contribution in [-0.4, -0.2) is 9.94 Å². The number of ketones is 1. The number of rotatable bonds is 4. The molecule has 20 heavy (non-hydrogen) atoms. The van der Waals surface area contributed by atoms with Crippen molar-refractivity contribution in [3.8, 4) is 0 Å². The van der Waals surface area contributed by atoms with Crippen LogP contribution >= 0.6 is 62.5 Å². The Bertz CT molecular complexity index is 631. The van der Waals surface area contributed by atoms with Crippen LogP contribution < -0.4 is 0 Å². The Morgan fingerprint density at radius 1 is 1.00 bits per heavy atom. The Morgan fingerprint density at radius 3 is 2.20 bits per heavy atom. The number of Topliss-reactive ketones (excluding diaryl/α,β-unsaturated/α-hetero) is 1. The number of thioether (sulfide) groups is 1. The Hall–Kier alpha value is -0.190. The van der Waals surface area contributed by atoms with Crippen LogP contribution in [0.5, 0.6) is 0 Å². The molecule has 0 amide bonds. The van der Waals surface area contributed by atoms with E-state index in [0.717, 1.165) is 4.90 Å². The number of carbonyl (C=O) groups is 1. The third-order valence-electron chi connectivity index (χ3n) is 2.46. The minimum absolute atomic E-state index is 0.105. The maximum Gasteiger partial charge on any atom is 0.188 e. The zero-order valence-electron chi connectivity index (χ0n) is 9.95. The highest BCUT2D eigenvalue weighted by molar-refractivity contribution is 9.11. The van der Waals surface area contributed by atoms with Crippen LogP contribution in [0.15, 0.2) is 47.4 Å². The van der Waals surface area contributed by atoms with Gasteiger partial charge >= 0.3 is 0 Å². The Kier molecular flexibility index (Phi) is 5.82. The number of hydrogen-bond acceptors (Lipinski definition) is 2. The molecule has 0 saturated heterocycles. The summed E-state index contributed by atoms with van der Waals surface area (Å²) in [5, 5.41) is 1.51. The summed E-state index contributed by atoms with van der Waals surface area (Å²) in [5.74, 6) is -0.105. The number of alkyl halides is 1. The van der Waals surface area contributed by atoms with Gasteiger partial charge in [-0.15, -0.1) is 11.8 Å². The van der Waals surface area contributed by atoms with E-state index in [2.05, 4.69) is 15.9 Å². The molecule has 0 aromatic heterocycles. The summed E-state index contributed by atoms with van der Waals surface area (Å²) in [6.45, 7) is 0.